The van der Waals surface area contributed by atoms with Crippen LogP contribution in [-0.4, -0.2) is 63.5 Å². The summed E-state index contributed by atoms with van der Waals surface area (Å²) in [6.07, 6.45) is 14.9. The smallest absolute Gasteiger partial charge is 0.303 e. The molecule has 2 heterocycles. The van der Waals surface area contributed by atoms with Gasteiger partial charge in [0.25, 0.3) is 0 Å². The van der Waals surface area contributed by atoms with Crippen LogP contribution in [0.3, 0.4) is 0 Å². The van der Waals surface area contributed by atoms with Crippen LogP contribution in [0.5, 0.6) is 0 Å². The van der Waals surface area contributed by atoms with E-state index in [2.05, 4.69) is 52.9 Å². The summed E-state index contributed by atoms with van der Waals surface area (Å²) < 4.78 is 31.8. The van der Waals surface area contributed by atoms with Gasteiger partial charge in [0.15, 0.2) is 20.9 Å². The lowest BCUT2D eigenvalue weighted by Gasteiger charge is -2.40. The molecule has 7 atom stereocenters. The molecule has 8 heteroatoms. The van der Waals surface area contributed by atoms with E-state index < -0.39 is 14.3 Å². The summed E-state index contributed by atoms with van der Waals surface area (Å²) in [5.74, 6) is -1.03. The van der Waals surface area contributed by atoms with Crippen molar-refractivity contribution >= 4 is 14.3 Å². The molecule has 2 aliphatic heterocycles. The number of unbranched alkanes of at least 4 members (excludes halogenated alkanes) is 2. The van der Waals surface area contributed by atoms with Crippen LogP contribution in [0.25, 0.3) is 0 Å². The molecule has 1 N–H and O–H groups in total. The Hall–Kier alpha value is -0.773. The fraction of sp³-hybridized carbons (Fsp3) is 0.903. The molecule has 0 radical (unpaired) electrons. The Kier molecular flexibility index (Phi) is 13.0. The summed E-state index contributed by atoms with van der Waals surface area (Å²) >= 11 is 0. The zero-order chi connectivity index (χ0) is 28.5. The van der Waals surface area contributed by atoms with Gasteiger partial charge in [0.1, 0.15) is 0 Å². The number of hydrogen-bond acceptors (Lipinski definition) is 6. The first-order chi connectivity index (χ1) is 18.5. The Morgan fingerprint density at radius 3 is 2.26 bits per heavy atom. The van der Waals surface area contributed by atoms with Crippen molar-refractivity contribution < 1.29 is 33.3 Å². The van der Waals surface area contributed by atoms with Gasteiger partial charge in [0.05, 0.1) is 24.7 Å². The minimum absolute atomic E-state index is 0.0374. The van der Waals surface area contributed by atoms with E-state index in [-0.39, 0.29) is 54.2 Å². The molecule has 7 nitrogen and oxygen atoms in total. The van der Waals surface area contributed by atoms with Crippen LogP contribution in [0, 0.1) is 11.8 Å². The van der Waals surface area contributed by atoms with Gasteiger partial charge < -0.3 is 28.5 Å². The standard InChI is InChI=1S/C31H56O7Si/c1-7-8-9-14-23(36-29-15-10-12-19-34-29)17-18-24-25(21-28(32)33)27(38-39(5,6)31(2,3)4)22-26(24)37-30-16-11-13-20-35-30/h17-18,23-27,29-30H,7-16,19-22H2,1-6H3,(H,32,33)/t23-,24-,25-,26-,27+,29?,30?/m0/s1. The minimum Gasteiger partial charge on any atom is -0.481 e. The van der Waals surface area contributed by atoms with Gasteiger partial charge in [-0.2, -0.15) is 0 Å². The molecule has 0 bridgehead atoms. The third kappa shape index (κ3) is 10.2. The van der Waals surface area contributed by atoms with Crippen LogP contribution < -0.4 is 0 Å². The van der Waals surface area contributed by atoms with E-state index in [0.717, 1.165) is 77.4 Å². The largest absolute Gasteiger partial charge is 0.481 e. The van der Waals surface area contributed by atoms with Gasteiger partial charge in [-0.1, -0.05) is 59.1 Å². The van der Waals surface area contributed by atoms with Crippen LogP contribution in [0.2, 0.25) is 18.1 Å². The van der Waals surface area contributed by atoms with E-state index in [4.69, 9.17) is 23.4 Å². The van der Waals surface area contributed by atoms with Gasteiger partial charge in [0.2, 0.25) is 0 Å². The first-order valence-corrected chi connectivity index (χ1v) is 18.5. The monoisotopic (exact) mass is 568 g/mol. The van der Waals surface area contributed by atoms with Crippen molar-refractivity contribution in [3.63, 3.8) is 0 Å². The summed E-state index contributed by atoms with van der Waals surface area (Å²) in [5, 5.41) is 9.97. The second-order valence-electron chi connectivity index (χ2n) is 13.3. The van der Waals surface area contributed by atoms with Crippen LogP contribution in [0.4, 0.5) is 0 Å². The van der Waals surface area contributed by atoms with Crippen LogP contribution in [-0.2, 0) is 28.2 Å². The molecule has 3 rings (SSSR count). The Bertz CT molecular complexity index is 753. The average Bonchev–Trinajstić information content (AvgIpc) is 3.17. The van der Waals surface area contributed by atoms with Crippen molar-refractivity contribution in [1.82, 2.24) is 0 Å². The van der Waals surface area contributed by atoms with E-state index >= 15 is 0 Å². The van der Waals surface area contributed by atoms with Crippen molar-refractivity contribution in [3.8, 4) is 0 Å². The van der Waals surface area contributed by atoms with Crippen molar-refractivity contribution in [2.24, 2.45) is 11.8 Å². The zero-order valence-corrected chi connectivity index (χ0v) is 26.5. The van der Waals surface area contributed by atoms with E-state index in [1.165, 1.54) is 0 Å². The Balaban J connectivity index is 1.84. The highest BCUT2D eigenvalue weighted by molar-refractivity contribution is 6.74. The lowest BCUT2D eigenvalue weighted by molar-refractivity contribution is -0.193. The van der Waals surface area contributed by atoms with E-state index in [1.807, 2.05) is 0 Å². The van der Waals surface area contributed by atoms with Crippen molar-refractivity contribution in [1.29, 1.82) is 0 Å². The predicted octanol–water partition coefficient (Wildman–Crippen LogP) is 7.45. The molecule has 1 aliphatic carbocycles. The topological polar surface area (TPSA) is 83.5 Å². The SMILES string of the molecule is CCCCC[C@@H](C=C[C@H]1[C@H](CC(=O)O)[C@H](O[Si](C)(C)C(C)(C)C)C[C@@H]1OC1CCCCO1)OC1CCCCO1. The fourth-order valence-electron chi connectivity index (χ4n) is 5.74. The van der Waals surface area contributed by atoms with Crippen molar-refractivity contribution in [2.45, 2.75) is 154 Å². The maximum atomic E-state index is 12.1. The van der Waals surface area contributed by atoms with E-state index in [0.29, 0.717) is 6.42 Å². The molecule has 0 spiro atoms. The predicted molar refractivity (Wildman–Crippen MR) is 156 cm³/mol. The van der Waals surface area contributed by atoms with E-state index in [1.54, 1.807) is 0 Å². The van der Waals surface area contributed by atoms with Gasteiger partial charge >= 0.3 is 5.97 Å². The number of carboxylic acid groups (broad SMARTS) is 1. The summed E-state index contributed by atoms with van der Waals surface area (Å²) in [5.41, 5.74) is 0. The van der Waals surface area contributed by atoms with Crippen LogP contribution in [0.15, 0.2) is 12.2 Å². The van der Waals surface area contributed by atoms with Gasteiger partial charge in [-0.05, 0) is 69.5 Å². The van der Waals surface area contributed by atoms with Gasteiger partial charge in [-0.3, -0.25) is 4.79 Å². The zero-order valence-electron chi connectivity index (χ0n) is 25.5. The average molecular weight is 569 g/mol. The molecule has 3 aliphatic rings. The number of rotatable bonds is 14. The maximum absolute atomic E-state index is 12.1. The molecule has 0 aromatic carbocycles. The summed E-state index contributed by atoms with van der Waals surface area (Å²) in [4.78, 5) is 12.1. The highest BCUT2D eigenvalue weighted by Crippen LogP contribution is 2.45. The van der Waals surface area contributed by atoms with Gasteiger partial charge in [-0.15, -0.1) is 0 Å². The van der Waals surface area contributed by atoms with Gasteiger partial charge in [-0.25, -0.2) is 0 Å². The Labute approximate surface area is 238 Å². The van der Waals surface area contributed by atoms with Gasteiger partial charge in [0, 0.05) is 25.0 Å². The summed E-state index contributed by atoms with van der Waals surface area (Å²) in [7, 11) is -2.12. The first kappa shape index (κ1) is 32.7. The molecule has 2 saturated heterocycles. The Morgan fingerprint density at radius 2 is 1.69 bits per heavy atom. The number of carboxylic acids is 1. The molecular weight excluding hydrogens is 512 g/mol. The highest BCUT2D eigenvalue weighted by atomic mass is 28.4. The Morgan fingerprint density at radius 1 is 1.03 bits per heavy atom. The number of ether oxygens (including phenoxy) is 4. The summed E-state index contributed by atoms with van der Waals surface area (Å²) in [6, 6.07) is 0. The lowest BCUT2D eigenvalue weighted by atomic mass is 9.89. The number of carbonyl (C=O) groups is 1. The van der Waals surface area contributed by atoms with Crippen LogP contribution >= 0.6 is 0 Å². The molecular formula is C31H56O7Si. The molecule has 3 fully saturated rings. The van der Waals surface area contributed by atoms with Crippen molar-refractivity contribution in [2.75, 3.05) is 13.2 Å². The van der Waals surface area contributed by atoms with Crippen LogP contribution in [0.1, 0.15) is 105 Å². The first-order valence-electron chi connectivity index (χ1n) is 15.6. The molecule has 0 amide bonds. The van der Waals surface area contributed by atoms with E-state index in [9.17, 15) is 9.90 Å². The molecule has 39 heavy (non-hydrogen) atoms. The second kappa shape index (κ2) is 15.5. The summed E-state index contributed by atoms with van der Waals surface area (Å²) in [6.45, 7) is 14.9. The molecule has 0 aromatic rings. The number of aliphatic carboxylic acids is 1. The third-order valence-electron chi connectivity index (χ3n) is 9.10. The second-order valence-corrected chi connectivity index (χ2v) is 18.1. The minimum atomic E-state index is -2.12. The maximum Gasteiger partial charge on any atom is 0.303 e. The molecule has 0 aromatic heterocycles. The molecule has 2 unspecified atom stereocenters. The normalized spacial score (nSPS) is 31.5. The van der Waals surface area contributed by atoms with Crippen molar-refractivity contribution in [3.05, 3.63) is 12.2 Å². The fourth-order valence-corrected chi connectivity index (χ4v) is 7.12. The third-order valence-corrected chi connectivity index (χ3v) is 13.6. The quantitative estimate of drug-likeness (QED) is 0.132. The lowest BCUT2D eigenvalue weighted by Crippen LogP contribution is -2.45. The number of hydrogen-bond donors (Lipinski definition) is 1. The highest BCUT2D eigenvalue weighted by Gasteiger charge is 2.49. The molecule has 226 valence electrons. The molecule has 1 saturated carbocycles.